The lowest BCUT2D eigenvalue weighted by Crippen LogP contribution is -2.55. The van der Waals surface area contributed by atoms with E-state index in [2.05, 4.69) is 5.32 Å². The molecule has 1 aromatic rings. The van der Waals surface area contributed by atoms with Crippen LogP contribution in [0.25, 0.3) is 0 Å². The predicted molar refractivity (Wildman–Crippen MR) is 73.1 cm³/mol. The fourth-order valence-corrected chi connectivity index (χ4v) is 2.60. The predicted octanol–water partition coefficient (Wildman–Crippen LogP) is 2.15. The van der Waals surface area contributed by atoms with Crippen LogP contribution in [0, 0.1) is 5.82 Å². The van der Waals surface area contributed by atoms with Gasteiger partial charge in [0.1, 0.15) is 5.82 Å². The summed E-state index contributed by atoms with van der Waals surface area (Å²) < 4.78 is 13.4. The molecule has 0 unspecified atom stereocenters. The molecule has 3 N–H and O–H groups in total. The highest BCUT2D eigenvalue weighted by molar-refractivity contribution is 5.86. The molecular formula is C15H21FN2O. The Morgan fingerprint density at radius 2 is 1.95 bits per heavy atom. The summed E-state index contributed by atoms with van der Waals surface area (Å²) in [4.78, 5) is 12.1. The zero-order valence-corrected chi connectivity index (χ0v) is 11.1. The fourth-order valence-electron chi connectivity index (χ4n) is 2.60. The largest absolute Gasteiger partial charge is 0.354 e. The second kappa shape index (κ2) is 6.15. The van der Waals surface area contributed by atoms with Crippen molar-refractivity contribution in [2.45, 2.75) is 44.1 Å². The normalized spacial score (nSPS) is 18.0. The summed E-state index contributed by atoms with van der Waals surface area (Å²) in [5, 5.41) is 2.84. The van der Waals surface area contributed by atoms with Crippen LogP contribution in [0.5, 0.6) is 0 Å². The minimum atomic E-state index is -0.715. The highest BCUT2D eigenvalue weighted by atomic mass is 19.1. The molecule has 0 atom stereocenters. The maximum Gasteiger partial charge on any atom is 0.240 e. The number of hydrogen-bond acceptors (Lipinski definition) is 2. The third kappa shape index (κ3) is 3.53. The number of hydrogen-bond donors (Lipinski definition) is 2. The van der Waals surface area contributed by atoms with E-state index >= 15 is 0 Å². The van der Waals surface area contributed by atoms with Crippen molar-refractivity contribution in [2.24, 2.45) is 5.73 Å². The van der Waals surface area contributed by atoms with Crippen LogP contribution in [0.15, 0.2) is 24.3 Å². The number of halogens is 1. The molecule has 4 heteroatoms. The summed E-state index contributed by atoms with van der Waals surface area (Å²) in [5.41, 5.74) is 6.03. The molecule has 0 aliphatic heterocycles. The minimum absolute atomic E-state index is 0.0939. The Bertz CT molecular complexity index is 442. The molecule has 19 heavy (non-hydrogen) atoms. The van der Waals surface area contributed by atoms with Crippen molar-refractivity contribution in [3.05, 3.63) is 35.6 Å². The Kier molecular flexibility index (Phi) is 4.53. The van der Waals surface area contributed by atoms with Crippen molar-refractivity contribution in [1.29, 1.82) is 0 Å². The lowest BCUT2D eigenvalue weighted by molar-refractivity contribution is -0.127. The average molecular weight is 264 g/mol. The Labute approximate surface area is 113 Å². The number of amides is 1. The van der Waals surface area contributed by atoms with Gasteiger partial charge >= 0.3 is 0 Å². The van der Waals surface area contributed by atoms with Crippen LogP contribution in [0.4, 0.5) is 4.39 Å². The van der Waals surface area contributed by atoms with Gasteiger partial charge in [-0.3, -0.25) is 4.79 Å². The second-order valence-electron chi connectivity index (χ2n) is 5.31. The van der Waals surface area contributed by atoms with Gasteiger partial charge in [-0.1, -0.05) is 37.5 Å². The summed E-state index contributed by atoms with van der Waals surface area (Å²) in [6, 6.07) is 6.63. The van der Waals surface area contributed by atoms with Crippen molar-refractivity contribution >= 4 is 5.91 Å². The van der Waals surface area contributed by atoms with Crippen LogP contribution in [0.3, 0.4) is 0 Å². The van der Waals surface area contributed by atoms with Crippen LogP contribution >= 0.6 is 0 Å². The molecule has 0 radical (unpaired) electrons. The van der Waals surface area contributed by atoms with Crippen LogP contribution in [0.1, 0.15) is 37.7 Å². The summed E-state index contributed by atoms with van der Waals surface area (Å²) in [7, 11) is 0. The second-order valence-corrected chi connectivity index (χ2v) is 5.31. The molecule has 1 aliphatic carbocycles. The van der Waals surface area contributed by atoms with E-state index in [0.717, 1.165) is 32.1 Å². The van der Waals surface area contributed by atoms with Crippen molar-refractivity contribution in [1.82, 2.24) is 5.32 Å². The molecule has 0 aromatic heterocycles. The fraction of sp³-hybridized carbons (Fsp3) is 0.533. The van der Waals surface area contributed by atoms with E-state index in [0.29, 0.717) is 18.5 Å². The van der Waals surface area contributed by atoms with E-state index in [1.807, 2.05) is 0 Å². The Morgan fingerprint density at radius 1 is 1.26 bits per heavy atom. The number of nitrogens with one attached hydrogen (secondary N) is 1. The van der Waals surface area contributed by atoms with Crippen LogP contribution in [-0.2, 0) is 11.2 Å². The lowest BCUT2D eigenvalue weighted by atomic mass is 9.82. The first-order chi connectivity index (χ1) is 9.12. The molecule has 0 bridgehead atoms. The highest BCUT2D eigenvalue weighted by Gasteiger charge is 2.34. The van der Waals surface area contributed by atoms with E-state index in [1.54, 1.807) is 18.2 Å². The van der Waals surface area contributed by atoms with Gasteiger partial charge in [-0.05, 0) is 30.9 Å². The Hall–Kier alpha value is -1.42. The van der Waals surface area contributed by atoms with Gasteiger partial charge in [-0.15, -0.1) is 0 Å². The smallest absolute Gasteiger partial charge is 0.240 e. The molecule has 3 nitrogen and oxygen atoms in total. The van der Waals surface area contributed by atoms with Crippen molar-refractivity contribution in [3.8, 4) is 0 Å². The van der Waals surface area contributed by atoms with Gasteiger partial charge in [0.05, 0.1) is 5.54 Å². The number of rotatable bonds is 4. The zero-order chi connectivity index (χ0) is 13.7. The molecule has 1 amide bonds. The number of carbonyl (C=O) groups excluding carboxylic acids is 1. The van der Waals surface area contributed by atoms with E-state index in [-0.39, 0.29) is 11.7 Å². The van der Waals surface area contributed by atoms with Gasteiger partial charge in [0.15, 0.2) is 0 Å². The van der Waals surface area contributed by atoms with Crippen LogP contribution in [0.2, 0.25) is 0 Å². The van der Waals surface area contributed by atoms with Gasteiger partial charge in [-0.2, -0.15) is 0 Å². The van der Waals surface area contributed by atoms with E-state index in [9.17, 15) is 9.18 Å². The monoisotopic (exact) mass is 264 g/mol. The third-order valence-corrected chi connectivity index (χ3v) is 3.84. The van der Waals surface area contributed by atoms with E-state index < -0.39 is 5.54 Å². The number of carbonyl (C=O) groups is 1. The highest BCUT2D eigenvalue weighted by Crippen LogP contribution is 2.25. The quantitative estimate of drug-likeness (QED) is 0.875. The lowest BCUT2D eigenvalue weighted by Gasteiger charge is -2.31. The Balaban J connectivity index is 1.82. The molecule has 0 spiro atoms. The van der Waals surface area contributed by atoms with Gasteiger partial charge in [0.2, 0.25) is 5.91 Å². The van der Waals surface area contributed by atoms with Gasteiger partial charge in [0.25, 0.3) is 0 Å². The van der Waals surface area contributed by atoms with Crippen molar-refractivity contribution in [2.75, 3.05) is 6.54 Å². The summed E-state index contributed by atoms with van der Waals surface area (Å²) >= 11 is 0. The maximum absolute atomic E-state index is 13.4. The Morgan fingerprint density at radius 3 is 2.63 bits per heavy atom. The number of nitrogens with two attached hydrogens (primary N) is 1. The van der Waals surface area contributed by atoms with E-state index in [1.165, 1.54) is 6.07 Å². The molecule has 0 heterocycles. The molecule has 1 aliphatic rings. The molecular weight excluding hydrogens is 243 g/mol. The van der Waals surface area contributed by atoms with Gasteiger partial charge in [-0.25, -0.2) is 4.39 Å². The molecule has 1 saturated carbocycles. The van der Waals surface area contributed by atoms with Gasteiger partial charge < -0.3 is 11.1 Å². The van der Waals surface area contributed by atoms with Gasteiger partial charge in [0, 0.05) is 6.54 Å². The zero-order valence-electron chi connectivity index (χ0n) is 11.1. The first-order valence-corrected chi connectivity index (χ1v) is 6.92. The SMILES string of the molecule is NC1(C(=O)NCCc2ccccc2F)CCCCC1. The standard InChI is InChI=1S/C15H21FN2O/c16-13-7-3-2-6-12(13)8-11-18-14(19)15(17)9-4-1-5-10-15/h2-3,6-7H,1,4-5,8-11,17H2,(H,18,19). The molecule has 104 valence electrons. The molecule has 1 fully saturated rings. The van der Waals surface area contributed by atoms with Crippen molar-refractivity contribution in [3.63, 3.8) is 0 Å². The third-order valence-electron chi connectivity index (χ3n) is 3.84. The summed E-state index contributed by atoms with van der Waals surface area (Å²) in [6.07, 6.45) is 5.17. The minimum Gasteiger partial charge on any atom is -0.354 e. The first kappa shape index (κ1) is 14.0. The molecule has 0 saturated heterocycles. The maximum atomic E-state index is 13.4. The molecule has 2 rings (SSSR count). The first-order valence-electron chi connectivity index (χ1n) is 6.92. The van der Waals surface area contributed by atoms with Crippen LogP contribution < -0.4 is 11.1 Å². The summed E-state index contributed by atoms with van der Waals surface area (Å²) in [6.45, 7) is 0.429. The average Bonchev–Trinajstić information content (AvgIpc) is 2.41. The van der Waals surface area contributed by atoms with E-state index in [4.69, 9.17) is 5.73 Å². The number of benzene rings is 1. The van der Waals surface area contributed by atoms with Crippen LogP contribution in [-0.4, -0.2) is 18.0 Å². The topological polar surface area (TPSA) is 55.1 Å². The molecule has 1 aromatic carbocycles. The summed E-state index contributed by atoms with van der Waals surface area (Å²) in [5.74, 6) is -0.319. The van der Waals surface area contributed by atoms with Crippen molar-refractivity contribution < 1.29 is 9.18 Å².